The number of nitrogen functional groups attached to an aromatic ring is 2. The smallest absolute Gasteiger partial charge is 0.326 e. The predicted octanol–water partition coefficient (Wildman–Crippen LogP) is 0.989. The Morgan fingerprint density at radius 3 is 2.66 bits per heavy atom. The Morgan fingerprint density at radius 1 is 1.28 bits per heavy atom. The summed E-state index contributed by atoms with van der Waals surface area (Å²) < 4.78 is 11.0. The van der Waals surface area contributed by atoms with Gasteiger partial charge in [-0.25, -0.2) is 9.78 Å². The first-order valence-electron chi connectivity index (χ1n) is 9.02. The van der Waals surface area contributed by atoms with Crippen molar-refractivity contribution in [1.29, 1.82) is 0 Å². The number of aliphatic carboxylic acids is 1. The molecule has 0 radical (unpaired) electrons. The van der Waals surface area contributed by atoms with E-state index >= 15 is 0 Å². The number of anilines is 2. The van der Waals surface area contributed by atoms with E-state index in [4.69, 9.17) is 26.0 Å². The van der Waals surface area contributed by atoms with Gasteiger partial charge in [0, 0.05) is 18.2 Å². The fraction of sp³-hybridized carbons (Fsp3) is 0.368. The molecular formula is C19H25N5O5. The highest BCUT2D eigenvalue weighted by Crippen LogP contribution is 2.29. The standard InChI is InChI=1S/C19H25N5O5/c1-3-13(18(26)27)23-16(25)6-7-29-15-9-11(4-5-14(15)28-2)8-12-10-22-19(21)24-17(12)20/h4-5,9-10,13H,3,6-8H2,1-2H3,(H,23,25)(H,26,27)(H4,20,21,22,24). The van der Waals surface area contributed by atoms with Gasteiger partial charge in [-0.3, -0.25) is 4.79 Å². The number of hydrogen-bond acceptors (Lipinski definition) is 8. The van der Waals surface area contributed by atoms with E-state index in [2.05, 4.69) is 15.3 Å². The van der Waals surface area contributed by atoms with Gasteiger partial charge in [-0.05, 0) is 24.1 Å². The lowest BCUT2D eigenvalue weighted by Gasteiger charge is -2.14. The second kappa shape index (κ2) is 10.1. The van der Waals surface area contributed by atoms with Crippen LogP contribution in [-0.2, 0) is 16.0 Å². The fourth-order valence-corrected chi connectivity index (χ4v) is 2.59. The molecule has 0 aliphatic carbocycles. The number of rotatable bonds is 10. The summed E-state index contributed by atoms with van der Waals surface area (Å²) in [7, 11) is 1.51. The van der Waals surface area contributed by atoms with Crippen LogP contribution in [0, 0.1) is 0 Å². The Bertz CT molecular complexity index is 874. The number of benzene rings is 1. The molecule has 6 N–H and O–H groups in total. The molecule has 1 heterocycles. The topological polar surface area (TPSA) is 163 Å². The maximum Gasteiger partial charge on any atom is 0.326 e. The van der Waals surface area contributed by atoms with E-state index in [1.165, 1.54) is 7.11 Å². The molecule has 0 fully saturated rings. The lowest BCUT2D eigenvalue weighted by Crippen LogP contribution is -2.40. The van der Waals surface area contributed by atoms with Crippen molar-refractivity contribution in [3.05, 3.63) is 35.5 Å². The third-order valence-corrected chi connectivity index (χ3v) is 4.17. The van der Waals surface area contributed by atoms with Gasteiger partial charge in [0.15, 0.2) is 11.5 Å². The molecule has 1 aromatic heterocycles. The summed E-state index contributed by atoms with van der Waals surface area (Å²) in [5.74, 6) is -0.0956. The van der Waals surface area contributed by atoms with Gasteiger partial charge in [0.05, 0.1) is 20.1 Å². The number of hydrogen-bond donors (Lipinski definition) is 4. The van der Waals surface area contributed by atoms with Gasteiger partial charge >= 0.3 is 5.97 Å². The highest BCUT2D eigenvalue weighted by molar-refractivity contribution is 5.83. The minimum absolute atomic E-state index is 0.00983. The number of carboxylic acids is 1. The minimum atomic E-state index is -1.07. The van der Waals surface area contributed by atoms with Crippen LogP contribution in [0.4, 0.5) is 11.8 Å². The molecule has 2 aromatic rings. The molecule has 1 amide bonds. The van der Waals surface area contributed by atoms with Gasteiger partial charge in [-0.1, -0.05) is 13.0 Å². The van der Waals surface area contributed by atoms with Gasteiger partial charge in [-0.15, -0.1) is 0 Å². The van der Waals surface area contributed by atoms with Crippen molar-refractivity contribution in [1.82, 2.24) is 15.3 Å². The fourth-order valence-electron chi connectivity index (χ4n) is 2.59. The predicted molar refractivity (Wildman–Crippen MR) is 107 cm³/mol. The van der Waals surface area contributed by atoms with Crippen molar-refractivity contribution in [2.45, 2.75) is 32.2 Å². The largest absolute Gasteiger partial charge is 0.493 e. The first-order valence-corrected chi connectivity index (χ1v) is 9.02. The van der Waals surface area contributed by atoms with Crippen molar-refractivity contribution >= 4 is 23.6 Å². The number of ether oxygens (including phenoxy) is 2. The molecule has 2 rings (SSSR count). The van der Waals surface area contributed by atoms with Crippen molar-refractivity contribution in [3.8, 4) is 11.5 Å². The number of carboxylic acid groups (broad SMARTS) is 1. The van der Waals surface area contributed by atoms with E-state index in [0.29, 0.717) is 35.7 Å². The van der Waals surface area contributed by atoms with Gasteiger partial charge in [0.2, 0.25) is 11.9 Å². The van der Waals surface area contributed by atoms with Gasteiger partial charge in [0.1, 0.15) is 11.9 Å². The summed E-state index contributed by atoms with van der Waals surface area (Å²) >= 11 is 0. The second-order valence-corrected chi connectivity index (χ2v) is 6.27. The molecule has 156 valence electrons. The molecule has 1 atom stereocenters. The van der Waals surface area contributed by atoms with Crippen LogP contribution in [0.3, 0.4) is 0 Å². The molecule has 0 saturated carbocycles. The third kappa shape index (κ3) is 6.23. The van der Waals surface area contributed by atoms with Crippen molar-refractivity contribution in [2.24, 2.45) is 0 Å². The summed E-state index contributed by atoms with van der Waals surface area (Å²) in [4.78, 5) is 30.8. The number of nitrogens with two attached hydrogens (primary N) is 2. The number of nitrogens with one attached hydrogen (secondary N) is 1. The van der Waals surface area contributed by atoms with E-state index in [-0.39, 0.29) is 19.0 Å². The van der Waals surface area contributed by atoms with Crippen LogP contribution in [0.2, 0.25) is 0 Å². The van der Waals surface area contributed by atoms with Crippen LogP contribution in [0.1, 0.15) is 30.9 Å². The average Bonchev–Trinajstić information content (AvgIpc) is 2.68. The molecule has 0 aliphatic heterocycles. The lowest BCUT2D eigenvalue weighted by atomic mass is 10.1. The molecule has 0 bridgehead atoms. The summed E-state index contributed by atoms with van der Waals surface area (Å²) in [5.41, 5.74) is 13.0. The number of carbonyl (C=O) groups is 2. The number of aromatic nitrogens is 2. The molecular weight excluding hydrogens is 378 g/mol. The summed E-state index contributed by atoms with van der Waals surface area (Å²) in [6.45, 7) is 1.75. The molecule has 0 saturated heterocycles. The Hall–Kier alpha value is -3.56. The Labute approximate surface area is 168 Å². The van der Waals surface area contributed by atoms with E-state index in [9.17, 15) is 9.59 Å². The average molecular weight is 403 g/mol. The summed E-state index contributed by atoms with van der Waals surface area (Å²) in [6.07, 6.45) is 2.34. The molecule has 1 aromatic carbocycles. The van der Waals surface area contributed by atoms with Crippen LogP contribution in [0.25, 0.3) is 0 Å². The normalized spacial score (nSPS) is 11.5. The first-order chi connectivity index (χ1) is 13.8. The zero-order valence-corrected chi connectivity index (χ0v) is 16.3. The number of nitrogens with zero attached hydrogens (tertiary/aromatic N) is 2. The Morgan fingerprint density at radius 2 is 2.03 bits per heavy atom. The number of carbonyl (C=O) groups excluding carboxylic acids is 1. The van der Waals surface area contributed by atoms with E-state index in [0.717, 1.165) is 5.56 Å². The molecule has 0 spiro atoms. The van der Waals surface area contributed by atoms with E-state index < -0.39 is 17.9 Å². The highest BCUT2D eigenvalue weighted by Gasteiger charge is 2.17. The lowest BCUT2D eigenvalue weighted by molar-refractivity contribution is -0.142. The van der Waals surface area contributed by atoms with Crippen molar-refractivity contribution in [3.63, 3.8) is 0 Å². The second-order valence-electron chi connectivity index (χ2n) is 6.27. The van der Waals surface area contributed by atoms with E-state index in [1.54, 1.807) is 25.3 Å². The third-order valence-electron chi connectivity index (χ3n) is 4.17. The maximum atomic E-state index is 11.9. The zero-order valence-electron chi connectivity index (χ0n) is 16.3. The van der Waals surface area contributed by atoms with Crippen molar-refractivity contribution < 1.29 is 24.2 Å². The van der Waals surface area contributed by atoms with Gasteiger partial charge in [-0.2, -0.15) is 4.98 Å². The zero-order chi connectivity index (χ0) is 21.4. The van der Waals surface area contributed by atoms with Gasteiger partial charge < -0.3 is 31.4 Å². The van der Waals surface area contributed by atoms with Crippen molar-refractivity contribution in [2.75, 3.05) is 25.2 Å². The SMILES string of the molecule is CCC(NC(=O)CCOc1cc(Cc2cnc(N)nc2N)ccc1OC)C(=O)O. The minimum Gasteiger partial charge on any atom is -0.493 e. The van der Waals surface area contributed by atoms with Crippen LogP contribution in [-0.4, -0.2) is 46.7 Å². The van der Waals surface area contributed by atoms with Crippen LogP contribution >= 0.6 is 0 Å². The Kier molecular flexibility index (Phi) is 7.58. The Balaban J connectivity index is 2.01. The van der Waals surface area contributed by atoms with Crippen LogP contribution in [0.5, 0.6) is 11.5 Å². The molecule has 1 unspecified atom stereocenters. The molecule has 29 heavy (non-hydrogen) atoms. The maximum absolute atomic E-state index is 11.9. The number of methoxy groups -OCH3 is 1. The van der Waals surface area contributed by atoms with Gasteiger partial charge in [0.25, 0.3) is 0 Å². The van der Waals surface area contributed by atoms with Crippen LogP contribution < -0.4 is 26.3 Å². The molecule has 0 aliphatic rings. The summed E-state index contributed by atoms with van der Waals surface area (Å²) in [5, 5.41) is 11.4. The highest BCUT2D eigenvalue weighted by atomic mass is 16.5. The first kappa shape index (κ1) is 21.7. The molecule has 10 nitrogen and oxygen atoms in total. The summed E-state index contributed by atoms with van der Waals surface area (Å²) in [6, 6.07) is 4.47. The molecule has 10 heteroatoms. The monoisotopic (exact) mass is 403 g/mol. The number of amides is 1. The van der Waals surface area contributed by atoms with Crippen LogP contribution in [0.15, 0.2) is 24.4 Å². The quantitative estimate of drug-likeness (QED) is 0.453. The van der Waals surface area contributed by atoms with E-state index in [1.807, 2.05) is 6.07 Å².